The summed E-state index contributed by atoms with van der Waals surface area (Å²) < 4.78 is 1.58. The molecule has 6 nitrogen and oxygen atoms in total. The summed E-state index contributed by atoms with van der Waals surface area (Å²) in [5.74, 6) is 0.207. The zero-order chi connectivity index (χ0) is 12.1. The van der Waals surface area contributed by atoms with Crippen molar-refractivity contribution >= 4 is 23.3 Å². The van der Waals surface area contributed by atoms with Crippen LogP contribution < -0.4 is 5.32 Å². The van der Waals surface area contributed by atoms with Gasteiger partial charge in [0.05, 0.1) is 17.8 Å². The lowest BCUT2D eigenvalue weighted by Crippen LogP contribution is -2.15. The Hall–Kier alpha value is -1.95. The van der Waals surface area contributed by atoms with E-state index in [2.05, 4.69) is 20.6 Å². The Morgan fingerprint density at radius 3 is 3.06 bits per heavy atom. The first-order valence-electron chi connectivity index (χ1n) is 5.00. The second-order valence-corrected chi connectivity index (χ2v) is 3.71. The first-order chi connectivity index (χ1) is 8.25. The van der Waals surface area contributed by atoms with Crippen LogP contribution in [-0.2, 0) is 11.3 Å². The van der Waals surface area contributed by atoms with Crippen molar-refractivity contribution in [2.24, 2.45) is 0 Å². The number of aryl methyl sites for hydroxylation is 1. The smallest absolute Gasteiger partial charge is 0.227 e. The van der Waals surface area contributed by atoms with Crippen molar-refractivity contribution in [2.75, 3.05) is 5.32 Å². The van der Waals surface area contributed by atoms with Crippen molar-refractivity contribution in [3.8, 4) is 0 Å². The van der Waals surface area contributed by atoms with Crippen LogP contribution >= 0.6 is 11.6 Å². The standard InChI is InChI=1S/C10H10ClN5O/c11-8-2-1-4-12-10(8)14-9(17)3-6-16-7-5-13-15-16/h1-2,4-5,7H,3,6H2,(H,12,14,17). The van der Waals surface area contributed by atoms with Crippen LogP contribution in [0.5, 0.6) is 0 Å². The average Bonchev–Trinajstić information content (AvgIpc) is 2.82. The third-order valence-corrected chi connectivity index (χ3v) is 2.36. The van der Waals surface area contributed by atoms with Crippen molar-refractivity contribution in [3.05, 3.63) is 35.7 Å². The van der Waals surface area contributed by atoms with Crippen LogP contribution in [-0.4, -0.2) is 25.9 Å². The van der Waals surface area contributed by atoms with Gasteiger partial charge in [0.25, 0.3) is 0 Å². The second kappa shape index (κ2) is 5.40. The van der Waals surface area contributed by atoms with Crippen molar-refractivity contribution in [1.82, 2.24) is 20.0 Å². The van der Waals surface area contributed by atoms with Gasteiger partial charge in [-0.1, -0.05) is 16.8 Å². The maximum absolute atomic E-state index is 11.6. The van der Waals surface area contributed by atoms with Crippen LogP contribution in [0.2, 0.25) is 5.02 Å². The quantitative estimate of drug-likeness (QED) is 0.890. The summed E-state index contributed by atoms with van der Waals surface area (Å²) in [6, 6.07) is 3.37. The number of rotatable bonds is 4. The second-order valence-electron chi connectivity index (χ2n) is 3.30. The molecule has 0 bridgehead atoms. The van der Waals surface area contributed by atoms with E-state index >= 15 is 0 Å². The van der Waals surface area contributed by atoms with E-state index in [4.69, 9.17) is 11.6 Å². The van der Waals surface area contributed by atoms with Gasteiger partial charge in [-0.05, 0) is 12.1 Å². The maximum Gasteiger partial charge on any atom is 0.227 e. The summed E-state index contributed by atoms with van der Waals surface area (Å²) in [5, 5.41) is 10.5. The molecule has 2 heterocycles. The van der Waals surface area contributed by atoms with Crippen molar-refractivity contribution < 1.29 is 4.79 Å². The molecule has 88 valence electrons. The number of carbonyl (C=O) groups is 1. The van der Waals surface area contributed by atoms with E-state index in [1.165, 1.54) is 0 Å². The molecule has 0 aliphatic heterocycles. The molecule has 1 amide bonds. The molecule has 0 aliphatic rings. The Kier molecular flexibility index (Phi) is 3.66. The fourth-order valence-corrected chi connectivity index (χ4v) is 1.41. The van der Waals surface area contributed by atoms with Gasteiger partial charge in [-0.2, -0.15) is 0 Å². The van der Waals surface area contributed by atoms with Crippen LogP contribution in [0.3, 0.4) is 0 Å². The Bertz CT molecular complexity index is 499. The number of hydrogen-bond donors (Lipinski definition) is 1. The number of hydrogen-bond acceptors (Lipinski definition) is 4. The molecule has 0 saturated heterocycles. The third kappa shape index (κ3) is 3.25. The molecule has 0 aliphatic carbocycles. The molecule has 0 fully saturated rings. The number of anilines is 1. The molecule has 0 radical (unpaired) electrons. The number of nitrogens with one attached hydrogen (secondary N) is 1. The van der Waals surface area contributed by atoms with E-state index in [0.717, 1.165) is 0 Å². The molecule has 2 rings (SSSR count). The summed E-state index contributed by atoms with van der Waals surface area (Å²) in [6.07, 6.45) is 5.11. The van der Waals surface area contributed by atoms with Crippen molar-refractivity contribution in [3.63, 3.8) is 0 Å². The van der Waals surface area contributed by atoms with Crippen LogP contribution in [0.25, 0.3) is 0 Å². The predicted octanol–water partition coefficient (Wildman–Crippen LogP) is 1.36. The summed E-state index contributed by atoms with van der Waals surface area (Å²) in [6.45, 7) is 0.469. The van der Waals surface area contributed by atoms with Gasteiger partial charge in [0, 0.05) is 18.8 Å². The van der Waals surface area contributed by atoms with E-state index in [0.29, 0.717) is 17.4 Å². The molecular weight excluding hydrogens is 242 g/mol. The van der Waals surface area contributed by atoms with Crippen LogP contribution in [0.4, 0.5) is 5.82 Å². The van der Waals surface area contributed by atoms with Gasteiger partial charge >= 0.3 is 0 Å². The number of pyridine rings is 1. The van der Waals surface area contributed by atoms with Gasteiger partial charge in [0.1, 0.15) is 0 Å². The van der Waals surface area contributed by atoms with Gasteiger partial charge in [-0.15, -0.1) is 5.10 Å². The molecule has 0 atom stereocenters. The first-order valence-corrected chi connectivity index (χ1v) is 5.38. The minimum Gasteiger partial charge on any atom is -0.309 e. The summed E-state index contributed by atoms with van der Waals surface area (Å²) >= 11 is 5.86. The SMILES string of the molecule is O=C(CCn1ccnn1)Nc1ncccc1Cl. The van der Waals surface area contributed by atoms with Gasteiger partial charge in [-0.3, -0.25) is 9.48 Å². The van der Waals surface area contributed by atoms with E-state index < -0.39 is 0 Å². The Morgan fingerprint density at radius 1 is 1.47 bits per heavy atom. The first kappa shape index (κ1) is 11.5. The Labute approximate surface area is 103 Å². The van der Waals surface area contributed by atoms with E-state index in [9.17, 15) is 4.79 Å². The van der Waals surface area contributed by atoms with E-state index in [1.807, 2.05) is 0 Å². The Balaban J connectivity index is 1.87. The van der Waals surface area contributed by atoms with E-state index in [1.54, 1.807) is 35.4 Å². The predicted molar refractivity (Wildman–Crippen MR) is 62.5 cm³/mol. The highest BCUT2D eigenvalue weighted by Gasteiger charge is 2.06. The Morgan fingerprint density at radius 2 is 2.35 bits per heavy atom. The molecule has 0 aromatic carbocycles. The summed E-state index contributed by atoms with van der Waals surface area (Å²) in [4.78, 5) is 15.6. The van der Waals surface area contributed by atoms with Gasteiger partial charge in [0.15, 0.2) is 5.82 Å². The third-order valence-electron chi connectivity index (χ3n) is 2.06. The lowest BCUT2D eigenvalue weighted by molar-refractivity contribution is -0.116. The lowest BCUT2D eigenvalue weighted by Gasteiger charge is -2.05. The van der Waals surface area contributed by atoms with Crippen LogP contribution in [0, 0.1) is 0 Å². The number of nitrogens with zero attached hydrogens (tertiary/aromatic N) is 4. The minimum absolute atomic E-state index is 0.166. The van der Waals surface area contributed by atoms with E-state index in [-0.39, 0.29) is 12.3 Å². The number of amides is 1. The van der Waals surface area contributed by atoms with Crippen LogP contribution in [0.15, 0.2) is 30.7 Å². The van der Waals surface area contributed by atoms with Crippen molar-refractivity contribution in [2.45, 2.75) is 13.0 Å². The normalized spacial score (nSPS) is 10.2. The monoisotopic (exact) mass is 251 g/mol. The molecule has 17 heavy (non-hydrogen) atoms. The maximum atomic E-state index is 11.6. The van der Waals surface area contributed by atoms with Crippen LogP contribution in [0.1, 0.15) is 6.42 Å². The zero-order valence-corrected chi connectivity index (χ0v) is 9.63. The average molecular weight is 252 g/mol. The molecule has 2 aromatic rings. The minimum atomic E-state index is -0.166. The van der Waals surface area contributed by atoms with Gasteiger partial charge in [0.2, 0.25) is 5.91 Å². The largest absolute Gasteiger partial charge is 0.309 e. The highest BCUT2D eigenvalue weighted by molar-refractivity contribution is 6.33. The zero-order valence-electron chi connectivity index (χ0n) is 8.88. The molecule has 2 aromatic heterocycles. The van der Waals surface area contributed by atoms with Gasteiger partial charge < -0.3 is 5.32 Å². The molecule has 7 heteroatoms. The summed E-state index contributed by atoms with van der Waals surface area (Å²) in [7, 11) is 0. The molecule has 0 saturated carbocycles. The number of carbonyl (C=O) groups excluding carboxylic acids is 1. The highest BCUT2D eigenvalue weighted by atomic mass is 35.5. The molecule has 0 spiro atoms. The number of aromatic nitrogens is 4. The highest BCUT2D eigenvalue weighted by Crippen LogP contribution is 2.17. The molecule has 1 N–H and O–H groups in total. The molecule has 0 unspecified atom stereocenters. The molecular formula is C10H10ClN5O. The van der Waals surface area contributed by atoms with Gasteiger partial charge in [-0.25, -0.2) is 4.98 Å². The topological polar surface area (TPSA) is 72.7 Å². The number of halogens is 1. The van der Waals surface area contributed by atoms with Crippen molar-refractivity contribution in [1.29, 1.82) is 0 Å². The fourth-order valence-electron chi connectivity index (χ4n) is 1.24. The fraction of sp³-hybridized carbons (Fsp3) is 0.200. The summed E-state index contributed by atoms with van der Waals surface area (Å²) in [5.41, 5.74) is 0. The lowest BCUT2D eigenvalue weighted by atomic mass is 10.4.